The Bertz CT molecular complexity index is 956. The van der Waals surface area contributed by atoms with Crippen molar-refractivity contribution in [2.24, 2.45) is 0 Å². The molecule has 0 unspecified atom stereocenters. The van der Waals surface area contributed by atoms with Crippen molar-refractivity contribution in [2.75, 3.05) is 31.4 Å². The van der Waals surface area contributed by atoms with Gasteiger partial charge in [0.05, 0.1) is 36.3 Å². The summed E-state index contributed by atoms with van der Waals surface area (Å²) in [6.45, 7) is -0.194. The summed E-state index contributed by atoms with van der Waals surface area (Å²) >= 11 is 1.30. The molecule has 0 spiro atoms. The van der Waals surface area contributed by atoms with E-state index in [0.717, 1.165) is 9.20 Å². The molecule has 10 heteroatoms. The van der Waals surface area contributed by atoms with Gasteiger partial charge < -0.3 is 9.15 Å². The maximum absolute atomic E-state index is 12.9. The van der Waals surface area contributed by atoms with Crippen LogP contribution in [0.25, 0.3) is 0 Å². The number of furan rings is 1. The smallest absolute Gasteiger partial charge is 0.325 e. The summed E-state index contributed by atoms with van der Waals surface area (Å²) < 4.78 is 36.8. The minimum atomic E-state index is -3.81. The maximum Gasteiger partial charge on any atom is 0.325 e. The van der Waals surface area contributed by atoms with E-state index in [4.69, 9.17) is 4.42 Å². The first kappa shape index (κ1) is 19.5. The van der Waals surface area contributed by atoms with E-state index in [1.165, 1.54) is 49.2 Å². The van der Waals surface area contributed by atoms with Crippen LogP contribution in [-0.2, 0) is 30.9 Å². The summed E-state index contributed by atoms with van der Waals surface area (Å²) in [5.41, 5.74) is 0.383. The van der Waals surface area contributed by atoms with Crippen LogP contribution in [0.3, 0.4) is 0 Å². The SMILES string of the molecule is COC(=O)CN1C(=O)CSc2ccc(S(=O)(=O)N(C)Cc3ccco3)cc21. The third kappa shape index (κ3) is 4.02. The van der Waals surface area contributed by atoms with E-state index in [-0.39, 0.29) is 29.6 Å². The van der Waals surface area contributed by atoms with E-state index in [0.29, 0.717) is 11.4 Å². The molecular formula is C17H18N2O6S2. The fraction of sp³-hybridized carbons (Fsp3) is 0.294. The molecule has 144 valence electrons. The number of anilines is 1. The molecule has 2 aromatic rings. The van der Waals surface area contributed by atoms with Crippen LogP contribution in [0.5, 0.6) is 0 Å². The second kappa shape index (κ2) is 7.75. The number of fused-ring (bicyclic) bond motifs is 1. The van der Waals surface area contributed by atoms with Gasteiger partial charge in [-0.05, 0) is 30.3 Å². The monoisotopic (exact) mass is 410 g/mol. The Morgan fingerprint density at radius 2 is 2.15 bits per heavy atom. The molecular weight excluding hydrogens is 392 g/mol. The lowest BCUT2D eigenvalue weighted by molar-refractivity contribution is -0.139. The largest absolute Gasteiger partial charge is 0.468 e. The average molecular weight is 410 g/mol. The molecule has 2 heterocycles. The summed E-state index contributed by atoms with van der Waals surface area (Å²) in [7, 11) is -1.13. The van der Waals surface area contributed by atoms with Crippen molar-refractivity contribution >= 4 is 39.3 Å². The lowest BCUT2D eigenvalue weighted by Gasteiger charge is -2.28. The Labute approximate surface area is 161 Å². The second-order valence-corrected chi connectivity index (χ2v) is 8.88. The quantitative estimate of drug-likeness (QED) is 0.669. The number of ether oxygens (including phenoxy) is 1. The molecule has 3 rings (SSSR count). The highest BCUT2D eigenvalue weighted by molar-refractivity contribution is 8.00. The average Bonchev–Trinajstić information content (AvgIpc) is 3.16. The molecule has 1 aliphatic heterocycles. The van der Waals surface area contributed by atoms with Crippen molar-refractivity contribution in [1.29, 1.82) is 0 Å². The zero-order valence-corrected chi connectivity index (χ0v) is 16.4. The zero-order chi connectivity index (χ0) is 19.6. The number of hydrogen-bond donors (Lipinski definition) is 0. The third-order valence-electron chi connectivity index (χ3n) is 4.06. The van der Waals surface area contributed by atoms with Gasteiger partial charge in [-0.2, -0.15) is 4.31 Å². The van der Waals surface area contributed by atoms with Crippen LogP contribution in [0.4, 0.5) is 5.69 Å². The van der Waals surface area contributed by atoms with Crippen LogP contribution in [0.1, 0.15) is 5.76 Å². The van der Waals surface area contributed by atoms with Gasteiger partial charge in [0.15, 0.2) is 0 Å². The molecule has 1 aromatic heterocycles. The molecule has 27 heavy (non-hydrogen) atoms. The molecule has 0 atom stereocenters. The first-order valence-electron chi connectivity index (χ1n) is 7.95. The number of nitrogens with zero attached hydrogens (tertiary/aromatic N) is 2. The summed E-state index contributed by atoms with van der Waals surface area (Å²) in [4.78, 5) is 25.9. The predicted molar refractivity (Wildman–Crippen MR) is 98.9 cm³/mol. The molecule has 0 fully saturated rings. The molecule has 0 aliphatic carbocycles. The van der Waals surface area contributed by atoms with E-state index in [9.17, 15) is 18.0 Å². The Morgan fingerprint density at radius 1 is 1.37 bits per heavy atom. The molecule has 0 saturated carbocycles. The Morgan fingerprint density at radius 3 is 2.81 bits per heavy atom. The number of carbonyl (C=O) groups excluding carboxylic acids is 2. The van der Waals surface area contributed by atoms with Crippen molar-refractivity contribution < 1.29 is 27.2 Å². The van der Waals surface area contributed by atoms with Crippen molar-refractivity contribution in [3.8, 4) is 0 Å². The van der Waals surface area contributed by atoms with Gasteiger partial charge in [0, 0.05) is 11.9 Å². The first-order valence-corrected chi connectivity index (χ1v) is 10.4. The number of amides is 1. The first-order chi connectivity index (χ1) is 12.8. The van der Waals surface area contributed by atoms with Gasteiger partial charge >= 0.3 is 5.97 Å². The van der Waals surface area contributed by atoms with E-state index in [1.807, 2.05) is 0 Å². The molecule has 0 saturated heterocycles. The highest BCUT2D eigenvalue weighted by Crippen LogP contribution is 2.37. The van der Waals surface area contributed by atoms with Gasteiger partial charge in [-0.3, -0.25) is 14.5 Å². The van der Waals surface area contributed by atoms with E-state index in [1.54, 1.807) is 18.2 Å². The summed E-state index contributed by atoms with van der Waals surface area (Å²) in [6.07, 6.45) is 1.47. The summed E-state index contributed by atoms with van der Waals surface area (Å²) in [6, 6.07) is 7.92. The predicted octanol–water partition coefficient (Wildman–Crippen LogP) is 1.71. The molecule has 1 aliphatic rings. The number of carbonyl (C=O) groups is 2. The van der Waals surface area contributed by atoms with Crippen LogP contribution in [-0.4, -0.2) is 51.1 Å². The van der Waals surface area contributed by atoms with Gasteiger partial charge in [-0.1, -0.05) is 0 Å². The minimum absolute atomic E-state index is 0.0282. The number of benzene rings is 1. The molecule has 1 aromatic carbocycles. The highest BCUT2D eigenvalue weighted by atomic mass is 32.2. The molecule has 0 N–H and O–H groups in total. The van der Waals surface area contributed by atoms with Crippen LogP contribution in [0, 0.1) is 0 Å². The van der Waals surface area contributed by atoms with Crippen molar-refractivity contribution in [2.45, 2.75) is 16.3 Å². The van der Waals surface area contributed by atoms with Gasteiger partial charge in [-0.25, -0.2) is 8.42 Å². The molecule has 1 amide bonds. The maximum atomic E-state index is 12.9. The van der Waals surface area contributed by atoms with Gasteiger partial charge in [0.1, 0.15) is 12.3 Å². The number of esters is 1. The Balaban J connectivity index is 1.93. The normalized spacial score (nSPS) is 14.3. The highest BCUT2D eigenvalue weighted by Gasteiger charge is 2.30. The second-order valence-electron chi connectivity index (χ2n) is 5.81. The van der Waals surface area contributed by atoms with Gasteiger partial charge in [-0.15, -0.1) is 11.8 Å². The van der Waals surface area contributed by atoms with E-state index >= 15 is 0 Å². The Hall–Kier alpha value is -2.30. The van der Waals surface area contributed by atoms with E-state index < -0.39 is 16.0 Å². The number of hydrogen-bond acceptors (Lipinski definition) is 7. The van der Waals surface area contributed by atoms with E-state index in [2.05, 4.69) is 4.74 Å². The van der Waals surface area contributed by atoms with Crippen molar-refractivity contribution in [3.63, 3.8) is 0 Å². The third-order valence-corrected chi connectivity index (χ3v) is 6.90. The topological polar surface area (TPSA) is 97.1 Å². The molecule has 0 radical (unpaired) electrons. The van der Waals surface area contributed by atoms with Crippen LogP contribution in [0.15, 0.2) is 50.8 Å². The van der Waals surface area contributed by atoms with Crippen LogP contribution < -0.4 is 4.90 Å². The number of thioether (sulfide) groups is 1. The summed E-state index contributed by atoms with van der Waals surface area (Å²) in [5.74, 6) is -0.174. The number of rotatable bonds is 6. The Kier molecular flexibility index (Phi) is 5.59. The van der Waals surface area contributed by atoms with Gasteiger partial charge in [0.2, 0.25) is 15.9 Å². The standard InChI is InChI=1S/C17H18N2O6S2/c1-18(9-12-4-3-7-25-12)27(22,23)13-5-6-15-14(8-13)19(10-17(21)24-2)16(20)11-26-15/h3-8H,9-11H2,1-2H3. The van der Waals surface area contributed by atoms with Gasteiger partial charge in [0.25, 0.3) is 0 Å². The number of sulfonamides is 1. The summed E-state index contributed by atoms with van der Waals surface area (Å²) in [5, 5.41) is 0. The lowest BCUT2D eigenvalue weighted by atomic mass is 10.2. The van der Waals surface area contributed by atoms with Crippen molar-refractivity contribution in [1.82, 2.24) is 4.31 Å². The fourth-order valence-electron chi connectivity index (χ4n) is 2.60. The van der Waals surface area contributed by atoms with Crippen LogP contribution >= 0.6 is 11.8 Å². The van der Waals surface area contributed by atoms with Crippen LogP contribution in [0.2, 0.25) is 0 Å². The lowest BCUT2D eigenvalue weighted by Crippen LogP contribution is -2.40. The fourth-order valence-corrected chi connectivity index (χ4v) is 4.67. The van der Waals surface area contributed by atoms with Crippen molar-refractivity contribution in [3.05, 3.63) is 42.4 Å². The zero-order valence-electron chi connectivity index (χ0n) is 14.7. The minimum Gasteiger partial charge on any atom is -0.468 e. The molecule has 0 bridgehead atoms. The molecule has 8 nitrogen and oxygen atoms in total. The number of methoxy groups -OCH3 is 1.